The minimum Gasteiger partial charge on any atom is -0.508 e. The zero-order chi connectivity index (χ0) is 23.3. The number of phenols is 1. The molecule has 5 heteroatoms. The smallest absolute Gasteiger partial charge is 0.251 e. The first kappa shape index (κ1) is 22.0. The third kappa shape index (κ3) is 4.14. The lowest BCUT2D eigenvalue weighted by Gasteiger charge is -2.48. The fourth-order valence-electron chi connectivity index (χ4n) is 6.44. The van der Waals surface area contributed by atoms with Crippen molar-refractivity contribution in [2.45, 2.75) is 65.5 Å². The van der Waals surface area contributed by atoms with Crippen LogP contribution in [0.25, 0.3) is 0 Å². The zero-order valence-electron chi connectivity index (χ0n) is 19.8. The summed E-state index contributed by atoms with van der Waals surface area (Å²) in [5.74, 6) is 1.78. The van der Waals surface area contributed by atoms with Gasteiger partial charge >= 0.3 is 0 Å². The maximum Gasteiger partial charge on any atom is 0.251 e. The highest BCUT2D eigenvalue weighted by molar-refractivity contribution is 5.94. The van der Waals surface area contributed by atoms with Crippen molar-refractivity contribution in [1.29, 1.82) is 0 Å². The van der Waals surface area contributed by atoms with Gasteiger partial charge in [-0.15, -0.1) is 0 Å². The summed E-state index contributed by atoms with van der Waals surface area (Å²) in [5, 5.41) is 16.1. The maximum atomic E-state index is 13.0. The molecule has 0 radical (unpaired) electrons. The molecular formula is C28H34N2O3. The first-order chi connectivity index (χ1) is 15.7. The summed E-state index contributed by atoms with van der Waals surface area (Å²) in [7, 11) is 0. The highest BCUT2D eigenvalue weighted by Crippen LogP contribution is 2.60. The Morgan fingerprint density at radius 3 is 2.67 bits per heavy atom. The molecule has 0 saturated heterocycles. The van der Waals surface area contributed by atoms with E-state index in [4.69, 9.17) is 0 Å². The van der Waals surface area contributed by atoms with Crippen LogP contribution >= 0.6 is 0 Å². The lowest BCUT2D eigenvalue weighted by Crippen LogP contribution is -2.40. The van der Waals surface area contributed by atoms with E-state index in [9.17, 15) is 14.7 Å². The van der Waals surface area contributed by atoms with Gasteiger partial charge in [-0.25, -0.2) is 0 Å². The number of rotatable bonds is 5. The first-order valence-corrected chi connectivity index (χ1v) is 12.2. The average molecular weight is 447 g/mol. The Labute approximate surface area is 196 Å². The standard InChI is InChI=1S/C28H34N2O3/c1-16-4-6-19(13-25(16)31)26(32)29-15-17-5-8-22-18(10-17)7-9-24(22)30-27(33)20-11-21-14-28(2,3)23(21)12-20/h4-6,8,10,13,20-21,23-24,31H,7,9,11-12,14-15H2,1-3H3,(H,29,32)(H,30,33)/t20-,21+,23+,24?/m1/s1. The van der Waals surface area contributed by atoms with E-state index in [2.05, 4.69) is 36.6 Å². The predicted octanol–water partition coefficient (Wildman–Crippen LogP) is 4.81. The van der Waals surface area contributed by atoms with Gasteiger partial charge in [0.25, 0.3) is 5.91 Å². The second kappa shape index (κ2) is 8.19. The van der Waals surface area contributed by atoms with Gasteiger partial charge in [-0.05, 0) is 90.7 Å². The number of benzene rings is 2. The second-order valence-electron chi connectivity index (χ2n) is 11.0. The molecule has 5 nitrogen and oxygen atoms in total. The van der Waals surface area contributed by atoms with E-state index in [0.717, 1.165) is 42.7 Å². The number of carbonyl (C=O) groups is 2. The van der Waals surface area contributed by atoms with Crippen LogP contribution in [0.15, 0.2) is 36.4 Å². The lowest BCUT2D eigenvalue weighted by molar-refractivity contribution is -0.125. The Morgan fingerprint density at radius 2 is 1.94 bits per heavy atom. The summed E-state index contributed by atoms with van der Waals surface area (Å²) in [6.45, 7) is 6.91. The molecule has 5 rings (SSSR count). The molecule has 0 aliphatic heterocycles. The second-order valence-corrected chi connectivity index (χ2v) is 11.0. The number of fused-ring (bicyclic) bond motifs is 2. The third-order valence-corrected chi connectivity index (χ3v) is 8.38. The highest BCUT2D eigenvalue weighted by atomic mass is 16.3. The van der Waals surface area contributed by atoms with Crippen LogP contribution in [0.1, 0.15) is 78.2 Å². The van der Waals surface area contributed by atoms with Crippen molar-refractivity contribution >= 4 is 11.8 Å². The van der Waals surface area contributed by atoms with Crippen molar-refractivity contribution < 1.29 is 14.7 Å². The highest BCUT2D eigenvalue weighted by Gasteiger charge is 2.53. The number of aryl methyl sites for hydroxylation is 2. The molecule has 3 N–H and O–H groups in total. The predicted molar refractivity (Wildman–Crippen MR) is 128 cm³/mol. The minimum absolute atomic E-state index is 0.0953. The number of hydrogen-bond acceptors (Lipinski definition) is 3. The summed E-state index contributed by atoms with van der Waals surface area (Å²) in [5.41, 5.74) is 5.11. The SMILES string of the molecule is Cc1ccc(C(=O)NCc2ccc3c(c2)CCC3NC(=O)[C@@H]2C[C@H]3CC(C)(C)[C@H]3C2)cc1O. The number of aromatic hydroxyl groups is 1. The summed E-state index contributed by atoms with van der Waals surface area (Å²) < 4.78 is 0. The molecule has 3 aliphatic rings. The number of phenolic OH excluding ortho intramolecular Hbond substituents is 1. The van der Waals surface area contributed by atoms with Gasteiger partial charge in [0.2, 0.25) is 5.91 Å². The number of amides is 2. The van der Waals surface area contributed by atoms with Gasteiger partial charge in [-0.1, -0.05) is 38.1 Å². The average Bonchev–Trinajstić information content (AvgIpc) is 3.35. The van der Waals surface area contributed by atoms with Gasteiger partial charge in [0, 0.05) is 18.0 Å². The molecule has 0 aromatic heterocycles. The maximum absolute atomic E-state index is 13.0. The van der Waals surface area contributed by atoms with Crippen molar-refractivity contribution in [3.63, 3.8) is 0 Å². The molecule has 2 fully saturated rings. The van der Waals surface area contributed by atoms with Crippen molar-refractivity contribution in [2.24, 2.45) is 23.2 Å². The molecule has 2 amide bonds. The van der Waals surface area contributed by atoms with Crippen LogP contribution in [0.5, 0.6) is 5.75 Å². The lowest BCUT2D eigenvalue weighted by atomic mass is 9.57. The van der Waals surface area contributed by atoms with Crippen molar-refractivity contribution in [3.05, 3.63) is 64.2 Å². The molecular weight excluding hydrogens is 412 g/mol. The molecule has 2 aromatic carbocycles. The van der Waals surface area contributed by atoms with Crippen molar-refractivity contribution in [3.8, 4) is 5.75 Å². The number of carbonyl (C=O) groups excluding carboxylic acids is 2. The fraction of sp³-hybridized carbons (Fsp3) is 0.500. The van der Waals surface area contributed by atoms with Crippen molar-refractivity contribution in [2.75, 3.05) is 0 Å². The Kier molecular flexibility index (Phi) is 5.46. The van der Waals surface area contributed by atoms with Crippen LogP contribution in [-0.4, -0.2) is 16.9 Å². The Hall–Kier alpha value is -2.82. The quantitative estimate of drug-likeness (QED) is 0.617. The summed E-state index contributed by atoms with van der Waals surface area (Å²) in [6, 6.07) is 11.3. The summed E-state index contributed by atoms with van der Waals surface area (Å²) >= 11 is 0. The van der Waals surface area contributed by atoms with Crippen LogP contribution in [-0.2, 0) is 17.8 Å². The van der Waals surface area contributed by atoms with E-state index in [0.29, 0.717) is 23.4 Å². The fourth-order valence-corrected chi connectivity index (χ4v) is 6.44. The van der Waals surface area contributed by atoms with Gasteiger partial charge in [-0.2, -0.15) is 0 Å². The van der Waals surface area contributed by atoms with E-state index >= 15 is 0 Å². The van der Waals surface area contributed by atoms with Crippen LogP contribution < -0.4 is 10.6 Å². The van der Waals surface area contributed by atoms with Gasteiger partial charge in [0.1, 0.15) is 5.75 Å². The minimum atomic E-state index is -0.204. The third-order valence-electron chi connectivity index (χ3n) is 8.38. The molecule has 0 heterocycles. The number of hydrogen-bond donors (Lipinski definition) is 3. The molecule has 33 heavy (non-hydrogen) atoms. The van der Waals surface area contributed by atoms with E-state index in [1.165, 1.54) is 23.6 Å². The van der Waals surface area contributed by atoms with E-state index in [-0.39, 0.29) is 29.5 Å². The van der Waals surface area contributed by atoms with Crippen LogP contribution in [0.2, 0.25) is 0 Å². The Morgan fingerprint density at radius 1 is 1.12 bits per heavy atom. The normalized spacial score (nSPS) is 26.8. The molecule has 0 bridgehead atoms. The number of nitrogens with one attached hydrogen (secondary N) is 2. The molecule has 3 aliphatic carbocycles. The first-order valence-electron chi connectivity index (χ1n) is 12.2. The van der Waals surface area contributed by atoms with E-state index in [1.807, 2.05) is 6.07 Å². The van der Waals surface area contributed by atoms with Crippen molar-refractivity contribution in [1.82, 2.24) is 10.6 Å². The van der Waals surface area contributed by atoms with Crippen LogP contribution in [0.4, 0.5) is 0 Å². The van der Waals surface area contributed by atoms with Gasteiger partial charge in [0.15, 0.2) is 0 Å². The zero-order valence-corrected chi connectivity index (χ0v) is 19.8. The molecule has 1 unspecified atom stereocenters. The Balaban J connectivity index is 1.18. The van der Waals surface area contributed by atoms with Gasteiger partial charge in [-0.3, -0.25) is 9.59 Å². The van der Waals surface area contributed by atoms with Crippen LogP contribution in [0, 0.1) is 30.1 Å². The monoisotopic (exact) mass is 446 g/mol. The van der Waals surface area contributed by atoms with E-state index < -0.39 is 0 Å². The molecule has 174 valence electrons. The topological polar surface area (TPSA) is 78.4 Å². The molecule has 2 saturated carbocycles. The molecule has 0 spiro atoms. The molecule has 2 aromatic rings. The Bertz CT molecular complexity index is 1110. The largest absolute Gasteiger partial charge is 0.508 e. The summed E-state index contributed by atoms with van der Waals surface area (Å²) in [6.07, 6.45) is 5.23. The van der Waals surface area contributed by atoms with E-state index in [1.54, 1.807) is 19.1 Å². The molecule has 4 atom stereocenters. The summed E-state index contributed by atoms with van der Waals surface area (Å²) in [4.78, 5) is 25.4. The van der Waals surface area contributed by atoms with Crippen LogP contribution in [0.3, 0.4) is 0 Å². The van der Waals surface area contributed by atoms with Gasteiger partial charge < -0.3 is 15.7 Å². The van der Waals surface area contributed by atoms with Gasteiger partial charge in [0.05, 0.1) is 6.04 Å².